The molecule has 0 atom stereocenters. The summed E-state index contributed by atoms with van der Waals surface area (Å²) in [4.78, 5) is 25.3. The Morgan fingerprint density at radius 3 is 2.00 bits per heavy atom. The number of fused-ring (bicyclic) bond motifs is 2. The van der Waals surface area contributed by atoms with Crippen molar-refractivity contribution in [2.45, 2.75) is 0 Å². The van der Waals surface area contributed by atoms with Crippen molar-refractivity contribution in [2.75, 3.05) is 12.0 Å². The molecule has 214 valence electrons. The van der Waals surface area contributed by atoms with E-state index in [1.807, 2.05) is 72.8 Å². The second-order valence-corrected chi connectivity index (χ2v) is 10.9. The van der Waals surface area contributed by atoms with Crippen LogP contribution in [-0.2, 0) is 4.74 Å². The number of methoxy groups -OCH3 is 1. The molecule has 1 aliphatic heterocycles. The minimum atomic E-state index is -0.360. The lowest BCUT2D eigenvalue weighted by atomic mass is 9.86. The smallest absolute Gasteiger partial charge is 0.338 e. The molecule has 0 spiro atoms. The molecule has 6 aromatic carbocycles. The molecule has 45 heavy (non-hydrogen) atoms. The molecule has 0 radical (unpaired) electrons. The topological polar surface area (TPSA) is 55.3 Å². The fourth-order valence-electron chi connectivity index (χ4n) is 6.33. The largest absolute Gasteiger partial charge is 0.465 e. The quantitative estimate of drug-likeness (QED) is 0.189. The highest BCUT2D eigenvalue weighted by molar-refractivity contribution is 6.18. The molecule has 0 amide bonds. The second-order valence-electron chi connectivity index (χ2n) is 10.9. The molecular formula is C40H27N3O2. The summed E-state index contributed by atoms with van der Waals surface area (Å²) in [7, 11) is 1.42. The van der Waals surface area contributed by atoms with E-state index in [1.165, 1.54) is 7.11 Å². The van der Waals surface area contributed by atoms with Crippen molar-refractivity contribution in [1.29, 1.82) is 0 Å². The predicted molar refractivity (Wildman–Crippen MR) is 181 cm³/mol. The van der Waals surface area contributed by atoms with Crippen LogP contribution in [0.2, 0.25) is 0 Å². The van der Waals surface area contributed by atoms with E-state index in [4.69, 9.17) is 14.7 Å². The van der Waals surface area contributed by atoms with Gasteiger partial charge in [0.1, 0.15) is 5.82 Å². The number of hydrogen-bond acceptors (Lipinski definition) is 5. The van der Waals surface area contributed by atoms with Crippen LogP contribution in [0.4, 0.5) is 17.2 Å². The maximum atomic E-state index is 12.8. The van der Waals surface area contributed by atoms with E-state index in [0.717, 1.165) is 67.0 Å². The molecular weight excluding hydrogens is 554 g/mol. The first kappa shape index (κ1) is 26.5. The number of anilines is 3. The summed E-state index contributed by atoms with van der Waals surface area (Å²) in [5.74, 6) is 1.07. The first-order chi connectivity index (χ1) is 22.2. The van der Waals surface area contributed by atoms with Gasteiger partial charge in [-0.15, -0.1) is 0 Å². The fourth-order valence-corrected chi connectivity index (χ4v) is 6.33. The van der Waals surface area contributed by atoms with Gasteiger partial charge in [0.15, 0.2) is 5.82 Å². The van der Waals surface area contributed by atoms with Crippen LogP contribution in [0.15, 0.2) is 146 Å². The molecule has 2 heterocycles. The van der Waals surface area contributed by atoms with E-state index in [2.05, 4.69) is 77.7 Å². The molecule has 0 aliphatic carbocycles. The van der Waals surface area contributed by atoms with Crippen LogP contribution in [0.3, 0.4) is 0 Å². The van der Waals surface area contributed by atoms with Crippen molar-refractivity contribution in [3.8, 4) is 44.9 Å². The first-order valence-corrected chi connectivity index (χ1v) is 14.8. The Bertz CT molecular complexity index is 2170. The Kier molecular flexibility index (Phi) is 6.42. The van der Waals surface area contributed by atoms with Gasteiger partial charge >= 0.3 is 5.97 Å². The second kappa shape index (κ2) is 10.9. The average molecular weight is 582 g/mol. The Morgan fingerprint density at radius 1 is 0.578 bits per heavy atom. The van der Waals surface area contributed by atoms with Crippen molar-refractivity contribution >= 4 is 33.9 Å². The standard InChI is InChI=1S/C40H27N3O2/c1-45-40(44)33-19-9-8-17-28(33)29-23-24-32-30-18-10-11-21-35(30)43(36-22-12-20-31(29)38(32)36)37-25-34(26-13-4-2-5-14-26)41-39(42-37)27-15-6-3-7-16-27/h2-25H,1H3. The number of benzene rings is 6. The van der Waals surface area contributed by atoms with Gasteiger partial charge in [-0.2, -0.15) is 0 Å². The van der Waals surface area contributed by atoms with Crippen molar-refractivity contribution in [1.82, 2.24) is 9.97 Å². The zero-order chi connectivity index (χ0) is 30.3. The van der Waals surface area contributed by atoms with Crippen molar-refractivity contribution in [2.24, 2.45) is 0 Å². The molecule has 0 fully saturated rings. The van der Waals surface area contributed by atoms with Crippen molar-refractivity contribution < 1.29 is 9.53 Å². The molecule has 0 saturated carbocycles. The number of aromatic nitrogens is 2. The molecule has 0 N–H and O–H groups in total. The van der Waals surface area contributed by atoms with Gasteiger partial charge in [0.2, 0.25) is 0 Å². The monoisotopic (exact) mass is 581 g/mol. The number of nitrogens with zero attached hydrogens (tertiary/aromatic N) is 3. The fraction of sp³-hybridized carbons (Fsp3) is 0.0250. The Hall–Kier alpha value is -6.07. The minimum Gasteiger partial charge on any atom is -0.465 e. The molecule has 1 aromatic heterocycles. The van der Waals surface area contributed by atoms with E-state index in [0.29, 0.717) is 11.4 Å². The van der Waals surface area contributed by atoms with Crippen molar-refractivity contribution in [3.05, 3.63) is 151 Å². The van der Waals surface area contributed by atoms with E-state index in [-0.39, 0.29) is 5.97 Å². The summed E-state index contributed by atoms with van der Waals surface area (Å²) >= 11 is 0. The summed E-state index contributed by atoms with van der Waals surface area (Å²) in [6.07, 6.45) is 0. The maximum absolute atomic E-state index is 12.8. The van der Waals surface area contributed by atoms with Gasteiger partial charge in [-0.05, 0) is 40.3 Å². The molecule has 1 aliphatic rings. The third-order valence-electron chi connectivity index (χ3n) is 8.36. The SMILES string of the molecule is COC(=O)c1ccccc1-c1ccc2c3c(cccc13)N(c1cc(-c3ccccc3)nc(-c3ccccc3)n1)c1ccccc1-2. The Balaban J connectivity index is 1.42. The van der Waals surface area contributed by atoms with Gasteiger partial charge in [-0.3, -0.25) is 4.90 Å². The summed E-state index contributed by atoms with van der Waals surface area (Å²) < 4.78 is 5.15. The summed E-state index contributed by atoms with van der Waals surface area (Å²) in [6.45, 7) is 0. The lowest BCUT2D eigenvalue weighted by Crippen LogP contribution is -2.17. The Morgan fingerprint density at radius 2 is 1.22 bits per heavy atom. The number of rotatable bonds is 5. The molecule has 7 aromatic rings. The highest BCUT2D eigenvalue weighted by Crippen LogP contribution is 2.52. The number of esters is 1. The van der Waals surface area contributed by atoms with E-state index < -0.39 is 0 Å². The number of hydrogen-bond donors (Lipinski definition) is 0. The van der Waals surface area contributed by atoms with Crippen LogP contribution >= 0.6 is 0 Å². The first-order valence-electron chi connectivity index (χ1n) is 14.8. The number of carbonyl (C=O) groups excluding carboxylic acids is 1. The molecule has 5 heteroatoms. The van der Waals surface area contributed by atoms with E-state index >= 15 is 0 Å². The third kappa shape index (κ3) is 4.45. The third-order valence-corrected chi connectivity index (χ3v) is 8.36. The van der Waals surface area contributed by atoms with Gasteiger partial charge < -0.3 is 4.74 Å². The van der Waals surface area contributed by atoms with Crippen LogP contribution in [0.5, 0.6) is 0 Å². The Labute approximate surface area is 261 Å². The normalized spacial score (nSPS) is 11.7. The molecule has 0 saturated heterocycles. The zero-order valence-corrected chi connectivity index (χ0v) is 24.5. The summed E-state index contributed by atoms with van der Waals surface area (Å²) in [6, 6.07) is 49.1. The zero-order valence-electron chi connectivity index (χ0n) is 24.5. The maximum Gasteiger partial charge on any atom is 0.338 e. The molecule has 0 unspecified atom stereocenters. The van der Waals surface area contributed by atoms with Crippen LogP contribution in [0.1, 0.15) is 10.4 Å². The van der Waals surface area contributed by atoms with Gasteiger partial charge in [-0.25, -0.2) is 14.8 Å². The summed E-state index contributed by atoms with van der Waals surface area (Å²) in [5, 5.41) is 2.14. The molecule has 5 nitrogen and oxygen atoms in total. The highest BCUT2D eigenvalue weighted by atomic mass is 16.5. The predicted octanol–water partition coefficient (Wildman–Crippen LogP) is 9.87. The molecule has 0 bridgehead atoms. The van der Waals surface area contributed by atoms with Crippen LogP contribution in [0, 0.1) is 0 Å². The van der Waals surface area contributed by atoms with Gasteiger partial charge in [0, 0.05) is 28.1 Å². The van der Waals surface area contributed by atoms with Crippen molar-refractivity contribution in [3.63, 3.8) is 0 Å². The summed E-state index contributed by atoms with van der Waals surface area (Å²) in [5.41, 5.74) is 9.42. The number of carbonyl (C=O) groups is 1. The number of ether oxygens (including phenoxy) is 1. The average Bonchev–Trinajstić information content (AvgIpc) is 3.12. The van der Waals surface area contributed by atoms with Crippen LogP contribution < -0.4 is 4.90 Å². The van der Waals surface area contributed by atoms with Crippen LogP contribution in [-0.4, -0.2) is 23.0 Å². The number of para-hydroxylation sites is 1. The minimum absolute atomic E-state index is 0.360. The lowest BCUT2D eigenvalue weighted by molar-refractivity contribution is 0.0601. The molecule has 8 rings (SSSR count). The van der Waals surface area contributed by atoms with E-state index in [9.17, 15) is 4.79 Å². The lowest BCUT2D eigenvalue weighted by Gasteiger charge is -2.33. The van der Waals surface area contributed by atoms with Crippen LogP contribution in [0.25, 0.3) is 55.7 Å². The van der Waals surface area contributed by atoms with E-state index in [1.54, 1.807) is 0 Å². The highest BCUT2D eigenvalue weighted by Gasteiger charge is 2.29. The van der Waals surface area contributed by atoms with Gasteiger partial charge in [-0.1, -0.05) is 121 Å². The van der Waals surface area contributed by atoms with Gasteiger partial charge in [0.05, 0.1) is 29.7 Å². The van der Waals surface area contributed by atoms with Gasteiger partial charge in [0.25, 0.3) is 0 Å².